The number of hydrogen-bond acceptors (Lipinski definition) is 3. The molecule has 0 heterocycles. The molecule has 2 aromatic carbocycles. The van der Waals surface area contributed by atoms with E-state index in [2.05, 4.69) is 0 Å². The molecule has 21 heavy (non-hydrogen) atoms. The molecular formula is C16H15ClFNO2. The SMILES string of the molecule is Nc1ccc(CCC(=O)OCc2ccc(F)c(Cl)c2)cc1. The third kappa shape index (κ3) is 4.76. The Balaban J connectivity index is 1.79. The monoisotopic (exact) mass is 307 g/mol. The minimum Gasteiger partial charge on any atom is -0.461 e. The van der Waals surface area contributed by atoms with Crippen molar-refractivity contribution in [3.8, 4) is 0 Å². The number of benzene rings is 2. The summed E-state index contributed by atoms with van der Waals surface area (Å²) in [5.74, 6) is -0.803. The lowest BCUT2D eigenvalue weighted by atomic mass is 10.1. The minimum atomic E-state index is -0.491. The number of anilines is 1. The third-order valence-electron chi connectivity index (χ3n) is 2.98. The van der Waals surface area contributed by atoms with Crippen molar-refractivity contribution in [2.24, 2.45) is 0 Å². The lowest BCUT2D eigenvalue weighted by Gasteiger charge is -2.06. The van der Waals surface area contributed by atoms with Crippen LogP contribution in [0, 0.1) is 5.82 Å². The molecule has 2 N–H and O–H groups in total. The highest BCUT2D eigenvalue weighted by Crippen LogP contribution is 2.17. The predicted octanol–water partition coefficient (Wildman–Crippen LogP) is 3.74. The Hall–Kier alpha value is -2.07. The van der Waals surface area contributed by atoms with Crippen LogP contribution in [0.1, 0.15) is 17.5 Å². The highest BCUT2D eigenvalue weighted by atomic mass is 35.5. The second kappa shape index (κ2) is 7.09. The molecule has 0 aliphatic rings. The number of halogens is 2. The van der Waals surface area contributed by atoms with Crippen molar-refractivity contribution < 1.29 is 13.9 Å². The van der Waals surface area contributed by atoms with Crippen molar-refractivity contribution in [3.63, 3.8) is 0 Å². The number of esters is 1. The molecule has 2 aromatic rings. The molecule has 0 aliphatic carbocycles. The standard InChI is InChI=1S/C16H15ClFNO2/c17-14-9-12(3-7-15(14)18)10-21-16(20)8-4-11-1-5-13(19)6-2-11/h1-3,5-7,9H,4,8,10,19H2. The molecule has 2 rings (SSSR count). The first-order valence-electron chi connectivity index (χ1n) is 6.48. The number of hydrogen-bond donors (Lipinski definition) is 1. The summed E-state index contributed by atoms with van der Waals surface area (Å²) in [5.41, 5.74) is 7.95. The van der Waals surface area contributed by atoms with Gasteiger partial charge in [-0.1, -0.05) is 29.8 Å². The summed E-state index contributed by atoms with van der Waals surface area (Å²) < 4.78 is 18.1. The first-order valence-corrected chi connectivity index (χ1v) is 6.86. The van der Waals surface area contributed by atoms with Crippen LogP contribution in [-0.2, 0) is 22.6 Å². The highest BCUT2D eigenvalue weighted by Gasteiger charge is 2.06. The maximum atomic E-state index is 13.0. The number of rotatable bonds is 5. The van der Waals surface area contributed by atoms with Crippen molar-refractivity contribution in [2.75, 3.05) is 5.73 Å². The third-order valence-corrected chi connectivity index (χ3v) is 3.27. The van der Waals surface area contributed by atoms with E-state index in [0.29, 0.717) is 17.7 Å². The smallest absolute Gasteiger partial charge is 0.306 e. The molecule has 0 fully saturated rings. The van der Waals surface area contributed by atoms with Crippen LogP contribution in [0.4, 0.5) is 10.1 Å². The number of nitrogens with two attached hydrogens (primary N) is 1. The van der Waals surface area contributed by atoms with E-state index in [4.69, 9.17) is 22.1 Å². The summed E-state index contributed by atoms with van der Waals surface area (Å²) in [5, 5.41) is 0.0189. The number of carbonyl (C=O) groups is 1. The van der Waals surface area contributed by atoms with E-state index in [-0.39, 0.29) is 24.0 Å². The summed E-state index contributed by atoms with van der Waals surface area (Å²) in [7, 11) is 0. The first kappa shape index (κ1) is 15.3. The molecule has 0 bridgehead atoms. The lowest BCUT2D eigenvalue weighted by Crippen LogP contribution is -2.06. The van der Waals surface area contributed by atoms with Gasteiger partial charge in [-0.05, 0) is 41.8 Å². The van der Waals surface area contributed by atoms with Crippen LogP contribution in [-0.4, -0.2) is 5.97 Å². The molecule has 0 spiro atoms. The van der Waals surface area contributed by atoms with Crippen molar-refractivity contribution >= 4 is 23.3 Å². The number of nitrogen functional groups attached to an aromatic ring is 1. The van der Waals surface area contributed by atoms with Crippen LogP contribution in [0.15, 0.2) is 42.5 Å². The molecule has 0 unspecified atom stereocenters. The van der Waals surface area contributed by atoms with E-state index in [1.807, 2.05) is 12.1 Å². The molecule has 0 saturated heterocycles. The summed E-state index contributed by atoms with van der Waals surface area (Å²) in [6.45, 7) is 0.0839. The minimum absolute atomic E-state index is 0.0189. The van der Waals surface area contributed by atoms with Gasteiger partial charge in [0.05, 0.1) is 5.02 Å². The van der Waals surface area contributed by atoms with Crippen molar-refractivity contribution in [1.82, 2.24) is 0 Å². The van der Waals surface area contributed by atoms with Crippen LogP contribution in [0.3, 0.4) is 0 Å². The molecule has 5 heteroatoms. The molecular weight excluding hydrogens is 293 g/mol. The summed E-state index contributed by atoms with van der Waals surface area (Å²) >= 11 is 5.66. The molecule has 0 aromatic heterocycles. The van der Waals surface area contributed by atoms with Gasteiger partial charge in [-0.25, -0.2) is 4.39 Å². The van der Waals surface area contributed by atoms with E-state index >= 15 is 0 Å². The van der Waals surface area contributed by atoms with Gasteiger partial charge in [0.25, 0.3) is 0 Å². The highest BCUT2D eigenvalue weighted by molar-refractivity contribution is 6.30. The lowest BCUT2D eigenvalue weighted by molar-refractivity contribution is -0.144. The van der Waals surface area contributed by atoms with Gasteiger partial charge >= 0.3 is 5.97 Å². The normalized spacial score (nSPS) is 10.4. The Morgan fingerprint density at radius 1 is 1.14 bits per heavy atom. The van der Waals surface area contributed by atoms with Gasteiger partial charge in [-0.3, -0.25) is 4.79 Å². The second-order valence-corrected chi connectivity index (χ2v) is 5.06. The van der Waals surface area contributed by atoms with Crippen LogP contribution in [0.5, 0.6) is 0 Å². The summed E-state index contributed by atoms with van der Waals surface area (Å²) in [6, 6.07) is 11.6. The second-order valence-electron chi connectivity index (χ2n) is 4.65. The number of aryl methyl sites for hydroxylation is 1. The number of carbonyl (C=O) groups excluding carboxylic acids is 1. The Morgan fingerprint density at radius 2 is 1.81 bits per heavy atom. The Bertz CT molecular complexity index is 629. The van der Waals surface area contributed by atoms with Crippen LogP contribution in [0.25, 0.3) is 0 Å². The average molecular weight is 308 g/mol. The van der Waals surface area contributed by atoms with E-state index in [1.165, 1.54) is 18.2 Å². The fourth-order valence-corrected chi connectivity index (χ4v) is 2.00. The van der Waals surface area contributed by atoms with Gasteiger partial charge in [0.15, 0.2) is 0 Å². The fourth-order valence-electron chi connectivity index (χ4n) is 1.80. The molecule has 0 aliphatic heterocycles. The molecule has 3 nitrogen and oxygen atoms in total. The topological polar surface area (TPSA) is 52.3 Å². The largest absolute Gasteiger partial charge is 0.461 e. The van der Waals surface area contributed by atoms with Gasteiger partial charge in [-0.2, -0.15) is 0 Å². The fraction of sp³-hybridized carbons (Fsp3) is 0.188. The van der Waals surface area contributed by atoms with Crippen LogP contribution < -0.4 is 5.73 Å². The van der Waals surface area contributed by atoms with E-state index < -0.39 is 5.82 Å². The van der Waals surface area contributed by atoms with Crippen LogP contribution >= 0.6 is 11.6 Å². The Kier molecular flexibility index (Phi) is 5.17. The summed E-state index contributed by atoms with van der Waals surface area (Å²) in [4.78, 5) is 11.7. The van der Waals surface area contributed by atoms with Crippen LogP contribution in [0.2, 0.25) is 5.02 Å². The predicted molar refractivity (Wildman–Crippen MR) is 80.4 cm³/mol. The average Bonchev–Trinajstić information content (AvgIpc) is 2.48. The molecule has 0 amide bonds. The maximum absolute atomic E-state index is 13.0. The van der Waals surface area contributed by atoms with Crippen molar-refractivity contribution in [2.45, 2.75) is 19.4 Å². The zero-order valence-electron chi connectivity index (χ0n) is 11.3. The molecule has 0 saturated carbocycles. The van der Waals surface area contributed by atoms with Gasteiger partial charge in [0.1, 0.15) is 12.4 Å². The van der Waals surface area contributed by atoms with Crippen molar-refractivity contribution in [3.05, 3.63) is 64.4 Å². The van der Waals surface area contributed by atoms with Crippen molar-refractivity contribution in [1.29, 1.82) is 0 Å². The van der Waals surface area contributed by atoms with E-state index in [9.17, 15) is 9.18 Å². The van der Waals surface area contributed by atoms with Gasteiger partial charge < -0.3 is 10.5 Å². The van der Waals surface area contributed by atoms with E-state index in [0.717, 1.165) is 5.56 Å². The summed E-state index contributed by atoms with van der Waals surface area (Å²) in [6.07, 6.45) is 0.863. The van der Waals surface area contributed by atoms with Gasteiger partial charge in [0.2, 0.25) is 0 Å². The molecule has 110 valence electrons. The van der Waals surface area contributed by atoms with E-state index in [1.54, 1.807) is 12.1 Å². The molecule has 0 radical (unpaired) electrons. The number of ether oxygens (including phenoxy) is 1. The zero-order valence-corrected chi connectivity index (χ0v) is 12.1. The first-order chi connectivity index (χ1) is 10.0. The maximum Gasteiger partial charge on any atom is 0.306 e. The molecule has 0 atom stereocenters. The quantitative estimate of drug-likeness (QED) is 0.676. The Labute approximate surface area is 127 Å². The zero-order chi connectivity index (χ0) is 15.2. The van der Waals surface area contributed by atoms with Gasteiger partial charge in [0, 0.05) is 12.1 Å². The Morgan fingerprint density at radius 3 is 2.48 bits per heavy atom. The van der Waals surface area contributed by atoms with Gasteiger partial charge in [-0.15, -0.1) is 0 Å².